The van der Waals surface area contributed by atoms with Gasteiger partial charge in [0, 0.05) is 10.8 Å². The van der Waals surface area contributed by atoms with Gasteiger partial charge >= 0.3 is 0 Å². The lowest BCUT2D eigenvalue weighted by Gasteiger charge is -2.18. The van der Waals surface area contributed by atoms with Gasteiger partial charge in [0.2, 0.25) is 0 Å². The molecule has 4 rings (SSSR count). The first-order valence-electron chi connectivity index (χ1n) is 9.59. The van der Waals surface area contributed by atoms with E-state index in [0.717, 1.165) is 16.7 Å². The Labute approximate surface area is 185 Å². The van der Waals surface area contributed by atoms with Gasteiger partial charge in [0.15, 0.2) is 0 Å². The Kier molecular flexibility index (Phi) is 5.80. The Balaban J connectivity index is 1.77. The molecule has 1 heterocycles. The van der Waals surface area contributed by atoms with Crippen LogP contribution in [0.25, 0.3) is 5.57 Å². The summed E-state index contributed by atoms with van der Waals surface area (Å²) >= 11 is 7.67. The van der Waals surface area contributed by atoms with E-state index in [2.05, 4.69) is 0 Å². The predicted molar refractivity (Wildman–Crippen MR) is 125 cm³/mol. The van der Waals surface area contributed by atoms with Crippen LogP contribution in [-0.2, 0) is 15.3 Å². The van der Waals surface area contributed by atoms with Gasteiger partial charge in [-0.05, 0) is 42.7 Å². The zero-order valence-corrected chi connectivity index (χ0v) is 18.3. The summed E-state index contributed by atoms with van der Waals surface area (Å²) in [6.45, 7) is 3.81. The predicted octanol–water partition coefficient (Wildman–Crippen LogP) is 6.17. The molecule has 0 N–H and O–H groups in total. The molecule has 0 aliphatic carbocycles. The molecule has 0 unspecified atom stereocenters. The number of hydrogen-bond donors (Lipinski definition) is 0. The first kappa shape index (κ1) is 20.5. The zero-order chi connectivity index (χ0) is 21.3. The van der Waals surface area contributed by atoms with Gasteiger partial charge in [-0.15, -0.1) is 11.8 Å². The van der Waals surface area contributed by atoms with Crippen molar-refractivity contribution in [2.45, 2.75) is 19.6 Å². The number of rotatable bonds is 5. The lowest BCUT2D eigenvalue weighted by atomic mass is 10.0. The number of aryl methyl sites for hydroxylation is 1. The third-order valence-electron chi connectivity index (χ3n) is 5.09. The maximum atomic E-state index is 13.5. The molecule has 0 saturated heterocycles. The number of benzene rings is 3. The van der Waals surface area contributed by atoms with Crippen LogP contribution in [0, 0.1) is 13.8 Å². The van der Waals surface area contributed by atoms with Crippen LogP contribution in [-0.4, -0.2) is 11.8 Å². The fraction of sp³-hybridized carbons (Fsp3) is 0.120. The second kappa shape index (κ2) is 8.50. The van der Waals surface area contributed by atoms with E-state index in [1.54, 1.807) is 18.2 Å². The molecular formula is C25H20ClNO2S. The summed E-state index contributed by atoms with van der Waals surface area (Å²) in [6.07, 6.45) is 0. The highest BCUT2D eigenvalue weighted by molar-refractivity contribution is 8.03. The van der Waals surface area contributed by atoms with Crippen molar-refractivity contribution in [1.82, 2.24) is 0 Å². The topological polar surface area (TPSA) is 37.4 Å². The summed E-state index contributed by atoms with van der Waals surface area (Å²) < 4.78 is 0. The van der Waals surface area contributed by atoms with Crippen molar-refractivity contribution in [2.24, 2.45) is 0 Å². The molecule has 3 aromatic rings. The van der Waals surface area contributed by atoms with Crippen LogP contribution in [0.5, 0.6) is 0 Å². The van der Waals surface area contributed by atoms with E-state index in [-0.39, 0.29) is 11.8 Å². The van der Waals surface area contributed by atoms with Crippen LogP contribution in [0.1, 0.15) is 22.3 Å². The third-order valence-corrected chi connectivity index (χ3v) is 6.64. The minimum Gasteiger partial charge on any atom is -0.268 e. The Bertz CT molecular complexity index is 1150. The van der Waals surface area contributed by atoms with Gasteiger partial charge in [-0.1, -0.05) is 77.8 Å². The van der Waals surface area contributed by atoms with Crippen LogP contribution in [0.3, 0.4) is 0 Å². The van der Waals surface area contributed by atoms with E-state index >= 15 is 0 Å². The summed E-state index contributed by atoms with van der Waals surface area (Å²) in [7, 11) is 0. The molecule has 3 nitrogen and oxygen atoms in total. The normalized spacial score (nSPS) is 14.0. The van der Waals surface area contributed by atoms with Crippen molar-refractivity contribution >= 4 is 46.4 Å². The van der Waals surface area contributed by atoms with Crippen LogP contribution >= 0.6 is 23.4 Å². The molecule has 30 heavy (non-hydrogen) atoms. The van der Waals surface area contributed by atoms with Crippen molar-refractivity contribution in [3.05, 3.63) is 105 Å². The Morgan fingerprint density at radius 1 is 0.833 bits per heavy atom. The minimum atomic E-state index is -0.315. The molecule has 0 fully saturated rings. The quantitative estimate of drug-likeness (QED) is 0.451. The Morgan fingerprint density at radius 3 is 2.23 bits per heavy atom. The molecule has 1 aliphatic rings. The number of thioether (sulfide) groups is 1. The Hall–Kier alpha value is -2.82. The van der Waals surface area contributed by atoms with Gasteiger partial charge < -0.3 is 0 Å². The fourth-order valence-electron chi connectivity index (χ4n) is 3.41. The molecular weight excluding hydrogens is 414 g/mol. The highest BCUT2D eigenvalue weighted by atomic mass is 35.5. The average molecular weight is 434 g/mol. The second-order valence-electron chi connectivity index (χ2n) is 7.17. The van der Waals surface area contributed by atoms with Crippen molar-refractivity contribution in [3.8, 4) is 0 Å². The monoisotopic (exact) mass is 433 g/mol. The van der Waals surface area contributed by atoms with Gasteiger partial charge in [0.1, 0.15) is 0 Å². The van der Waals surface area contributed by atoms with Crippen LogP contribution in [0.15, 0.2) is 77.7 Å². The lowest BCUT2D eigenvalue weighted by Crippen LogP contribution is -2.32. The summed E-state index contributed by atoms with van der Waals surface area (Å²) in [4.78, 5) is 28.6. The lowest BCUT2D eigenvalue weighted by molar-refractivity contribution is -0.119. The van der Waals surface area contributed by atoms with E-state index in [9.17, 15) is 9.59 Å². The Morgan fingerprint density at radius 2 is 1.53 bits per heavy atom. The molecule has 0 radical (unpaired) electrons. The molecule has 3 aromatic carbocycles. The van der Waals surface area contributed by atoms with Crippen molar-refractivity contribution in [1.29, 1.82) is 0 Å². The largest absolute Gasteiger partial charge is 0.272 e. The number of halogens is 1. The smallest absolute Gasteiger partial charge is 0.268 e. The van der Waals surface area contributed by atoms with Gasteiger partial charge in [0.05, 0.1) is 16.2 Å². The fourth-order valence-corrected chi connectivity index (χ4v) is 4.64. The van der Waals surface area contributed by atoms with Crippen molar-refractivity contribution < 1.29 is 9.59 Å². The number of hydrogen-bond acceptors (Lipinski definition) is 3. The number of carbonyl (C=O) groups excluding carboxylic acids is 2. The van der Waals surface area contributed by atoms with Crippen LogP contribution in [0.4, 0.5) is 5.69 Å². The number of carbonyl (C=O) groups is 2. The molecule has 0 atom stereocenters. The number of imide groups is 1. The SMILES string of the molecule is Cc1ccc(C2=C(SCc3ccccc3)C(=O)N(c3cccc(Cl)c3C)C2=O)cc1. The minimum absolute atomic E-state index is 0.304. The van der Waals surface area contributed by atoms with Crippen LogP contribution < -0.4 is 4.90 Å². The van der Waals surface area contributed by atoms with Crippen molar-refractivity contribution in [3.63, 3.8) is 0 Å². The molecule has 1 aliphatic heterocycles. The van der Waals surface area contributed by atoms with Gasteiger partial charge in [-0.3, -0.25) is 9.59 Å². The maximum absolute atomic E-state index is 13.5. The molecule has 150 valence electrons. The van der Waals surface area contributed by atoms with E-state index < -0.39 is 0 Å². The van der Waals surface area contributed by atoms with E-state index in [1.165, 1.54) is 16.7 Å². The molecule has 0 bridgehead atoms. The summed E-state index contributed by atoms with van der Waals surface area (Å²) in [5.74, 6) is -0.0147. The molecule has 0 spiro atoms. The highest BCUT2D eigenvalue weighted by Gasteiger charge is 2.40. The molecule has 0 saturated carbocycles. The van der Waals surface area contributed by atoms with E-state index in [0.29, 0.717) is 32.5 Å². The highest BCUT2D eigenvalue weighted by Crippen LogP contribution is 2.41. The van der Waals surface area contributed by atoms with Crippen molar-refractivity contribution in [2.75, 3.05) is 4.90 Å². The van der Waals surface area contributed by atoms with E-state index in [1.807, 2.05) is 68.4 Å². The summed E-state index contributed by atoms with van der Waals surface area (Å²) in [5.41, 5.74) is 4.61. The number of anilines is 1. The first-order valence-corrected chi connectivity index (χ1v) is 11.0. The second-order valence-corrected chi connectivity index (χ2v) is 8.57. The summed E-state index contributed by atoms with van der Waals surface area (Å²) in [6, 6.07) is 22.9. The molecule has 0 aromatic heterocycles. The average Bonchev–Trinajstić information content (AvgIpc) is 2.99. The first-order chi connectivity index (χ1) is 14.5. The maximum Gasteiger partial charge on any atom is 0.272 e. The summed E-state index contributed by atoms with van der Waals surface area (Å²) in [5, 5.41) is 0.523. The van der Waals surface area contributed by atoms with Gasteiger partial charge in [-0.25, -0.2) is 4.90 Å². The van der Waals surface area contributed by atoms with E-state index in [4.69, 9.17) is 11.6 Å². The third kappa shape index (κ3) is 3.81. The molecule has 5 heteroatoms. The zero-order valence-electron chi connectivity index (χ0n) is 16.7. The number of nitrogens with zero attached hydrogens (tertiary/aromatic N) is 1. The number of amides is 2. The molecule has 2 amide bonds. The van der Waals surface area contributed by atoms with Crippen LogP contribution in [0.2, 0.25) is 5.02 Å². The van der Waals surface area contributed by atoms with Gasteiger partial charge in [-0.2, -0.15) is 0 Å². The van der Waals surface area contributed by atoms with Gasteiger partial charge in [0.25, 0.3) is 11.8 Å². The standard InChI is InChI=1S/C25H20ClNO2S/c1-16-11-13-19(14-12-16)22-23(30-15-18-7-4-3-5-8-18)25(29)27(24(22)28)21-10-6-9-20(26)17(21)2/h3-14H,15H2,1-2H3.